The average Bonchev–Trinajstić information content (AvgIpc) is 2.97. The van der Waals surface area contributed by atoms with Gasteiger partial charge in [0.25, 0.3) is 5.88 Å². The Hall–Kier alpha value is -2.14. The van der Waals surface area contributed by atoms with E-state index in [9.17, 15) is 0 Å². The van der Waals surface area contributed by atoms with Crippen LogP contribution in [0.15, 0.2) is 28.7 Å². The Morgan fingerprint density at radius 1 is 1.09 bits per heavy atom. The number of hydrogen-bond acceptors (Lipinski definition) is 4. The fourth-order valence-corrected chi connectivity index (χ4v) is 2.76. The molecule has 122 valence electrons. The Kier molecular flexibility index (Phi) is 4.76. The van der Waals surface area contributed by atoms with E-state index in [2.05, 4.69) is 23.8 Å². The van der Waals surface area contributed by atoms with Crippen molar-refractivity contribution in [3.8, 4) is 5.88 Å². The highest BCUT2D eigenvalue weighted by atomic mass is 16.5. The highest BCUT2D eigenvalue weighted by Gasteiger charge is 2.16. The molecule has 0 saturated heterocycles. The van der Waals surface area contributed by atoms with Crippen LogP contribution in [0.2, 0.25) is 0 Å². The number of fused-ring (bicyclic) bond motifs is 3. The van der Waals surface area contributed by atoms with E-state index in [0.29, 0.717) is 18.1 Å². The number of hydrogen-bond donors (Lipinski definition) is 1. The third-order valence-electron chi connectivity index (χ3n) is 4.25. The molecule has 1 N–H and O–H groups in total. The highest BCUT2D eigenvalue weighted by molar-refractivity contribution is 6.03. The quantitative estimate of drug-likeness (QED) is 0.727. The van der Waals surface area contributed by atoms with E-state index in [4.69, 9.17) is 9.15 Å². The number of ether oxygens (including phenoxy) is 1. The summed E-state index contributed by atoms with van der Waals surface area (Å²) in [5.41, 5.74) is 2.32. The lowest BCUT2D eigenvalue weighted by molar-refractivity contribution is -0.896. The van der Waals surface area contributed by atoms with Gasteiger partial charge in [-0.25, -0.2) is 4.98 Å². The molecule has 0 atom stereocenters. The van der Waals surface area contributed by atoms with Crippen LogP contribution >= 0.6 is 0 Å². The molecule has 0 fully saturated rings. The molecule has 0 aliphatic rings. The second kappa shape index (κ2) is 6.96. The maximum Gasteiger partial charge on any atom is 0.262 e. The molecule has 23 heavy (non-hydrogen) atoms. The Balaban J connectivity index is 1.95. The molecule has 5 heteroatoms. The van der Waals surface area contributed by atoms with Crippen molar-refractivity contribution in [3.05, 3.63) is 30.1 Å². The largest absolute Gasteiger partial charge is 0.469 e. The number of aromatic nitrogens is 2. The molecule has 1 aromatic carbocycles. The summed E-state index contributed by atoms with van der Waals surface area (Å²) in [4.78, 5) is 10.7. The number of nitrogens with zero attached hydrogens (tertiary/aromatic N) is 2. The number of aryl methyl sites for hydroxylation is 1. The minimum absolute atomic E-state index is 0.564. The summed E-state index contributed by atoms with van der Waals surface area (Å²) in [5, 5.41) is 1.01. The van der Waals surface area contributed by atoms with Gasteiger partial charge in [0.1, 0.15) is 30.1 Å². The van der Waals surface area contributed by atoms with Gasteiger partial charge in [-0.15, -0.1) is 0 Å². The molecule has 2 aromatic heterocycles. The summed E-state index contributed by atoms with van der Waals surface area (Å²) < 4.78 is 11.9. The SMILES string of the molecule is CCc1nc(OCC[NH+](CC)CC)c2oc3ccccc3c2n1. The van der Waals surface area contributed by atoms with Crippen LogP contribution in [0.4, 0.5) is 0 Å². The molecular formula is C18H24N3O2+. The van der Waals surface area contributed by atoms with Crippen molar-refractivity contribution >= 4 is 22.1 Å². The van der Waals surface area contributed by atoms with E-state index in [-0.39, 0.29) is 0 Å². The number of quaternary nitrogens is 1. The first-order chi connectivity index (χ1) is 11.3. The van der Waals surface area contributed by atoms with Gasteiger partial charge in [0.05, 0.1) is 13.1 Å². The third-order valence-corrected chi connectivity index (χ3v) is 4.25. The highest BCUT2D eigenvalue weighted by Crippen LogP contribution is 2.32. The van der Waals surface area contributed by atoms with Gasteiger partial charge in [0, 0.05) is 11.8 Å². The van der Waals surface area contributed by atoms with Crippen LogP contribution in [0.25, 0.3) is 22.1 Å². The van der Waals surface area contributed by atoms with Crippen LogP contribution in [0.3, 0.4) is 0 Å². The molecule has 0 bridgehead atoms. The molecule has 0 saturated carbocycles. The minimum Gasteiger partial charge on any atom is -0.469 e. The van der Waals surface area contributed by atoms with Crippen LogP contribution in [-0.2, 0) is 6.42 Å². The van der Waals surface area contributed by atoms with Gasteiger partial charge < -0.3 is 14.1 Å². The van der Waals surface area contributed by atoms with Crippen molar-refractivity contribution in [1.29, 1.82) is 0 Å². The van der Waals surface area contributed by atoms with E-state index in [1.807, 2.05) is 31.2 Å². The van der Waals surface area contributed by atoms with E-state index >= 15 is 0 Å². The van der Waals surface area contributed by atoms with Crippen LogP contribution < -0.4 is 9.64 Å². The van der Waals surface area contributed by atoms with E-state index in [0.717, 1.165) is 48.4 Å². The second-order valence-corrected chi connectivity index (χ2v) is 5.63. The molecule has 0 amide bonds. The summed E-state index contributed by atoms with van der Waals surface area (Å²) in [7, 11) is 0. The van der Waals surface area contributed by atoms with E-state index in [1.54, 1.807) is 0 Å². The maximum absolute atomic E-state index is 5.96. The summed E-state index contributed by atoms with van der Waals surface area (Å²) in [6, 6.07) is 7.93. The van der Waals surface area contributed by atoms with E-state index < -0.39 is 0 Å². The van der Waals surface area contributed by atoms with Crippen molar-refractivity contribution < 1.29 is 14.1 Å². The molecule has 0 spiro atoms. The van der Waals surface area contributed by atoms with Gasteiger partial charge in [-0.05, 0) is 26.0 Å². The van der Waals surface area contributed by atoms with Gasteiger partial charge in [0.15, 0.2) is 0 Å². The van der Waals surface area contributed by atoms with Gasteiger partial charge in [-0.1, -0.05) is 19.1 Å². The van der Waals surface area contributed by atoms with E-state index in [1.165, 1.54) is 4.90 Å². The van der Waals surface area contributed by atoms with Gasteiger partial charge in [-0.3, -0.25) is 0 Å². The van der Waals surface area contributed by atoms with Crippen LogP contribution in [0.1, 0.15) is 26.6 Å². The summed E-state index contributed by atoms with van der Waals surface area (Å²) in [6.07, 6.45) is 0.771. The molecule has 0 aliphatic heterocycles. The fourth-order valence-electron chi connectivity index (χ4n) is 2.76. The molecule has 5 nitrogen and oxygen atoms in total. The summed E-state index contributed by atoms with van der Waals surface area (Å²) in [5.74, 6) is 1.35. The zero-order valence-electron chi connectivity index (χ0n) is 14.1. The summed E-state index contributed by atoms with van der Waals surface area (Å²) in [6.45, 7) is 10.2. The number of rotatable bonds is 7. The number of likely N-dealkylation sites (N-methyl/N-ethyl adjacent to an activating group) is 1. The van der Waals surface area contributed by atoms with Crippen LogP contribution in [-0.4, -0.2) is 36.2 Å². The molecule has 0 radical (unpaired) electrons. The second-order valence-electron chi connectivity index (χ2n) is 5.63. The first-order valence-corrected chi connectivity index (χ1v) is 8.41. The predicted molar refractivity (Wildman–Crippen MR) is 91.1 cm³/mol. The molecule has 3 rings (SSSR count). The number of furan rings is 1. The normalized spacial score (nSPS) is 11.7. The molecular weight excluding hydrogens is 290 g/mol. The lowest BCUT2D eigenvalue weighted by Gasteiger charge is -2.15. The lowest BCUT2D eigenvalue weighted by Crippen LogP contribution is -3.12. The molecule has 0 aliphatic carbocycles. The monoisotopic (exact) mass is 314 g/mol. The zero-order valence-corrected chi connectivity index (χ0v) is 14.1. The van der Waals surface area contributed by atoms with Crippen molar-refractivity contribution in [2.75, 3.05) is 26.2 Å². The third kappa shape index (κ3) is 3.15. The molecule has 0 unspecified atom stereocenters. The fraction of sp³-hybridized carbons (Fsp3) is 0.444. The van der Waals surface area contributed by atoms with Crippen LogP contribution in [0.5, 0.6) is 5.88 Å². The first-order valence-electron chi connectivity index (χ1n) is 8.41. The van der Waals surface area contributed by atoms with Gasteiger partial charge in [0.2, 0.25) is 5.58 Å². The molecule has 2 heterocycles. The van der Waals surface area contributed by atoms with Crippen LogP contribution in [0, 0.1) is 0 Å². The first kappa shape index (κ1) is 15.7. The van der Waals surface area contributed by atoms with Gasteiger partial charge >= 0.3 is 0 Å². The van der Waals surface area contributed by atoms with Gasteiger partial charge in [-0.2, -0.15) is 4.98 Å². The number of para-hydroxylation sites is 1. The standard InChI is InChI=1S/C18H23N3O2/c1-4-15-19-16-13-9-7-8-10-14(13)23-17(16)18(20-15)22-12-11-21(5-2)6-3/h7-10H,4-6,11-12H2,1-3H3/p+1. The summed E-state index contributed by atoms with van der Waals surface area (Å²) >= 11 is 0. The van der Waals surface area contributed by atoms with Crippen molar-refractivity contribution in [3.63, 3.8) is 0 Å². The van der Waals surface area contributed by atoms with Crippen molar-refractivity contribution in [1.82, 2.24) is 9.97 Å². The average molecular weight is 314 g/mol. The Morgan fingerprint density at radius 2 is 1.87 bits per heavy atom. The zero-order chi connectivity index (χ0) is 16.2. The Bertz CT molecular complexity index is 793. The number of benzene rings is 1. The Morgan fingerprint density at radius 3 is 2.61 bits per heavy atom. The maximum atomic E-state index is 5.96. The molecule has 3 aromatic rings. The predicted octanol–water partition coefficient (Wildman–Crippen LogP) is 2.24. The minimum atomic E-state index is 0.564. The number of nitrogens with one attached hydrogen (secondary N) is 1. The lowest BCUT2D eigenvalue weighted by atomic mass is 10.2. The topological polar surface area (TPSA) is 52.6 Å². The Labute approximate surface area is 136 Å². The van der Waals surface area contributed by atoms with Crippen molar-refractivity contribution in [2.45, 2.75) is 27.2 Å². The van der Waals surface area contributed by atoms with Crippen molar-refractivity contribution in [2.24, 2.45) is 0 Å². The smallest absolute Gasteiger partial charge is 0.262 e.